The van der Waals surface area contributed by atoms with E-state index in [9.17, 15) is 19.8 Å². The average Bonchev–Trinajstić information content (AvgIpc) is 2.73. The fourth-order valence-electron chi connectivity index (χ4n) is 3.38. The lowest BCUT2D eigenvalue weighted by Gasteiger charge is -2.37. The van der Waals surface area contributed by atoms with Crippen molar-refractivity contribution in [2.45, 2.75) is 44.9 Å². The maximum absolute atomic E-state index is 12.3. The molecular weight excluding hydrogens is 422 g/mol. The summed E-state index contributed by atoms with van der Waals surface area (Å²) >= 11 is 0. The summed E-state index contributed by atoms with van der Waals surface area (Å²) in [6.07, 6.45) is 2.31. The molecule has 0 fully saturated rings. The van der Waals surface area contributed by atoms with Crippen molar-refractivity contribution in [3.8, 4) is 23.8 Å². The molecule has 0 aliphatic rings. The second kappa shape index (κ2) is 10.5. The summed E-state index contributed by atoms with van der Waals surface area (Å²) in [4.78, 5) is 23.6. The molecule has 0 bridgehead atoms. The van der Waals surface area contributed by atoms with Crippen molar-refractivity contribution in [2.75, 3.05) is 26.1 Å². The van der Waals surface area contributed by atoms with Gasteiger partial charge in [-0.3, -0.25) is 4.79 Å². The maximum Gasteiger partial charge on any atom is 0.360 e. The standard InChI is InChI=1S/C22H27NO9/c1-7-16(26)23-14-10-13-8-9-15(19(28-5)18(13)31-21(14)27)30-17(11-24)32-22(3,4)20(29-6)12(2)25/h1,8-10,12,17,20,24-25H,11H2,2-6H3,(H,23,26). The number of hydrogen-bond acceptors (Lipinski definition) is 9. The number of anilines is 1. The molecule has 3 N–H and O–H groups in total. The molecule has 2 rings (SSSR count). The lowest BCUT2D eigenvalue weighted by atomic mass is 9.97. The Kier molecular flexibility index (Phi) is 8.24. The first kappa shape index (κ1) is 25.2. The van der Waals surface area contributed by atoms with E-state index in [2.05, 4.69) is 5.32 Å². The van der Waals surface area contributed by atoms with Crippen LogP contribution < -0.4 is 20.4 Å². The minimum Gasteiger partial charge on any atom is -0.490 e. The van der Waals surface area contributed by atoms with E-state index in [-0.39, 0.29) is 22.8 Å². The minimum absolute atomic E-state index is 0.0587. The molecule has 0 aliphatic carbocycles. The van der Waals surface area contributed by atoms with Crippen molar-refractivity contribution in [1.29, 1.82) is 0 Å². The number of carbonyl (C=O) groups excluding carboxylic acids is 1. The third kappa shape index (κ3) is 5.57. The van der Waals surface area contributed by atoms with Crippen molar-refractivity contribution in [1.82, 2.24) is 0 Å². The van der Waals surface area contributed by atoms with Crippen molar-refractivity contribution >= 4 is 22.6 Å². The van der Waals surface area contributed by atoms with Crippen LogP contribution in [0.5, 0.6) is 11.5 Å². The fraction of sp³-hybridized carbons (Fsp3) is 0.455. The van der Waals surface area contributed by atoms with E-state index < -0.39 is 42.2 Å². The van der Waals surface area contributed by atoms with Crippen LogP contribution in [0.25, 0.3) is 11.0 Å². The molecule has 0 aliphatic heterocycles. The minimum atomic E-state index is -1.16. The number of aliphatic hydroxyl groups excluding tert-OH is 2. The average molecular weight is 449 g/mol. The number of hydrogen-bond donors (Lipinski definition) is 3. The first-order valence-corrected chi connectivity index (χ1v) is 9.66. The summed E-state index contributed by atoms with van der Waals surface area (Å²) < 4.78 is 27.6. The molecule has 10 nitrogen and oxygen atoms in total. The van der Waals surface area contributed by atoms with Gasteiger partial charge in [0.2, 0.25) is 12.0 Å². The Morgan fingerprint density at radius 2 is 2.03 bits per heavy atom. The maximum atomic E-state index is 12.3. The van der Waals surface area contributed by atoms with Crippen LogP contribution >= 0.6 is 0 Å². The zero-order chi connectivity index (χ0) is 24.1. The van der Waals surface area contributed by atoms with Gasteiger partial charge < -0.3 is 38.9 Å². The van der Waals surface area contributed by atoms with Gasteiger partial charge in [-0.1, -0.05) is 0 Å². The largest absolute Gasteiger partial charge is 0.490 e. The van der Waals surface area contributed by atoms with E-state index in [1.807, 2.05) is 5.92 Å². The highest BCUT2D eigenvalue weighted by Gasteiger charge is 2.37. The molecule has 1 aromatic carbocycles. The highest BCUT2D eigenvalue weighted by Crippen LogP contribution is 2.37. The van der Waals surface area contributed by atoms with Crippen LogP contribution in [0.2, 0.25) is 0 Å². The van der Waals surface area contributed by atoms with Crippen molar-refractivity contribution in [3.63, 3.8) is 0 Å². The molecule has 0 spiro atoms. The summed E-state index contributed by atoms with van der Waals surface area (Å²) in [6.45, 7) is 4.40. The van der Waals surface area contributed by atoms with Crippen molar-refractivity contribution in [3.05, 3.63) is 28.6 Å². The second-order valence-electron chi connectivity index (χ2n) is 7.41. The first-order chi connectivity index (χ1) is 15.1. The summed E-state index contributed by atoms with van der Waals surface area (Å²) in [7, 11) is 2.79. The van der Waals surface area contributed by atoms with Gasteiger partial charge in [0.1, 0.15) is 18.4 Å². The third-order valence-electron chi connectivity index (χ3n) is 4.62. The molecular formula is C22H27NO9. The number of rotatable bonds is 10. The molecule has 32 heavy (non-hydrogen) atoms. The van der Waals surface area contributed by atoms with Crippen LogP contribution in [0.3, 0.4) is 0 Å². The van der Waals surface area contributed by atoms with E-state index in [0.717, 1.165) is 0 Å². The van der Waals surface area contributed by atoms with Gasteiger partial charge in [-0.15, -0.1) is 6.42 Å². The lowest BCUT2D eigenvalue weighted by Crippen LogP contribution is -2.50. The van der Waals surface area contributed by atoms with E-state index in [1.54, 1.807) is 26.8 Å². The normalized spacial score (nSPS) is 14.3. The van der Waals surface area contributed by atoms with Gasteiger partial charge in [-0.05, 0) is 44.9 Å². The molecule has 0 radical (unpaired) electrons. The van der Waals surface area contributed by atoms with E-state index in [1.165, 1.54) is 26.4 Å². The Bertz CT molecular complexity index is 1050. The molecule has 1 amide bonds. The van der Waals surface area contributed by atoms with Gasteiger partial charge in [0, 0.05) is 12.5 Å². The van der Waals surface area contributed by atoms with Crippen molar-refractivity contribution in [2.24, 2.45) is 0 Å². The molecule has 174 valence electrons. The predicted octanol–water partition coefficient (Wildman–Crippen LogP) is 1.26. The van der Waals surface area contributed by atoms with Gasteiger partial charge in [0.25, 0.3) is 5.91 Å². The fourth-order valence-corrected chi connectivity index (χ4v) is 3.38. The number of fused-ring (bicyclic) bond motifs is 1. The zero-order valence-electron chi connectivity index (χ0n) is 18.5. The topological polar surface area (TPSA) is 137 Å². The number of ether oxygens (including phenoxy) is 4. The Morgan fingerprint density at radius 1 is 1.34 bits per heavy atom. The SMILES string of the molecule is C#CC(=O)Nc1cc2ccc(OC(CO)OC(C)(C)C(OC)C(C)O)c(OC)c2oc1=O. The highest BCUT2D eigenvalue weighted by molar-refractivity contribution is 6.04. The molecule has 0 saturated carbocycles. The number of carbonyl (C=O) groups is 1. The van der Waals surface area contributed by atoms with Crippen LogP contribution in [0.4, 0.5) is 5.69 Å². The van der Waals surface area contributed by atoms with Crippen molar-refractivity contribution < 1.29 is 38.4 Å². The number of benzene rings is 1. The molecule has 10 heteroatoms. The van der Waals surface area contributed by atoms with Crippen LogP contribution in [-0.4, -0.2) is 61.0 Å². The van der Waals surface area contributed by atoms with Gasteiger partial charge in [-0.2, -0.15) is 0 Å². The van der Waals surface area contributed by atoms with Crippen LogP contribution in [0.1, 0.15) is 20.8 Å². The van der Waals surface area contributed by atoms with E-state index in [4.69, 9.17) is 29.8 Å². The number of nitrogens with one attached hydrogen (secondary N) is 1. The van der Waals surface area contributed by atoms with Crippen LogP contribution in [-0.2, 0) is 14.3 Å². The van der Waals surface area contributed by atoms with Crippen LogP contribution in [0.15, 0.2) is 27.4 Å². The molecule has 1 aromatic heterocycles. The monoisotopic (exact) mass is 449 g/mol. The summed E-state index contributed by atoms with van der Waals surface area (Å²) in [5.41, 5.74) is -1.94. The predicted molar refractivity (Wildman–Crippen MR) is 116 cm³/mol. The summed E-state index contributed by atoms with van der Waals surface area (Å²) in [5.74, 6) is 1.26. The summed E-state index contributed by atoms with van der Waals surface area (Å²) in [6, 6.07) is 4.47. The Morgan fingerprint density at radius 3 is 2.56 bits per heavy atom. The number of methoxy groups -OCH3 is 2. The number of amides is 1. The quantitative estimate of drug-likeness (QED) is 0.278. The molecule has 1 heterocycles. The Labute approximate surface area is 185 Å². The Hall–Kier alpha value is -3.10. The molecule has 2 aromatic rings. The van der Waals surface area contributed by atoms with E-state index >= 15 is 0 Å². The van der Waals surface area contributed by atoms with Gasteiger partial charge in [-0.25, -0.2) is 4.79 Å². The first-order valence-electron chi connectivity index (χ1n) is 9.66. The number of aliphatic hydroxyl groups is 2. The highest BCUT2D eigenvalue weighted by atomic mass is 16.7. The molecule has 0 saturated heterocycles. The van der Waals surface area contributed by atoms with E-state index in [0.29, 0.717) is 5.39 Å². The molecule has 3 unspecified atom stereocenters. The summed E-state index contributed by atoms with van der Waals surface area (Å²) in [5, 5.41) is 22.4. The molecule has 3 atom stereocenters. The second-order valence-corrected chi connectivity index (χ2v) is 7.41. The van der Waals surface area contributed by atoms with Gasteiger partial charge >= 0.3 is 5.63 Å². The Balaban J connectivity index is 2.39. The lowest BCUT2D eigenvalue weighted by molar-refractivity contribution is -0.225. The smallest absolute Gasteiger partial charge is 0.360 e. The number of terminal acetylenes is 1. The van der Waals surface area contributed by atoms with Gasteiger partial charge in [0.15, 0.2) is 11.3 Å². The zero-order valence-corrected chi connectivity index (χ0v) is 18.5. The van der Waals surface area contributed by atoms with Crippen LogP contribution in [0, 0.1) is 12.3 Å². The van der Waals surface area contributed by atoms with Gasteiger partial charge in [0.05, 0.1) is 18.8 Å². The third-order valence-corrected chi connectivity index (χ3v) is 4.62.